The maximum atomic E-state index is 13.3. The summed E-state index contributed by atoms with van der Waals surface area (Å²) in [6.45, 7) is 2.03. The van der Waals surface area contributed by atoms with Gasteiger partial charge in [0.15, 0.2) is 0 Å². The lowest BCUT2D eigenvalue weighted by molar-refractivity contribution is -0.121. The van der Waals surface area contributed by atoms with Crippen LogP contribution in [0.1, 0.15) is 85.1 Å². The van der Waals surface area contributed by atoms with Gasteiger partial charge in [-0.2, -0.15) is 8.42 Å². The Morgan fingerprint density at radius 1 is 0.775 bits per heavy atom. The number of benzene rings is 3. The zero-order valence-electron chi connectivity index (χ0n) is 23.0. The van der Waals surface area contributed by atoms with Crippen molar-refractivity contribution < 1.29 is 22.2 Å². The van der Waals surface area contributed by atoms with E-state index in [9.17, 15) is 18.0 Å². The summed E-state index contributed by atoms with van der Waals surface area (Å²) >= 11 is 0. The Morgan fingerprint density at radius 2 is 1.43 bits per heavy atom. The number of hydrogen-bond donors (Lipinski definition) is 0. The van der Waals surface area contributed by atoms with E-state index in [1.165, 1.54) is 0 Å². The maximum absolute atomic E-state index is 13.3. The number of carbonyl (C=O) groups excluding carboxylic acids is 2. The lowest BCUT2D eigenvalue weighted by Crippen LogP contribution is -2.18. The van der Waals surface area contributed by atoms with Gasteiger partial charge in [-0.15, -0.1) is 0 Å². The van der Waals surface area contributed by atoms with Crippen molar-refractivity contribution in [2.24, 2.45) is 0 Å². The number of carbonyl (C=O) groups is 2. The standard InChI is InChI=1S/C34H36O5S/c1-26-18-22-31(23-19-26)40(37,38)39-24-9-3-2-4-14-30(35)15-10-17-34(36)33-25-29-13-6-5-11-27(29)20-21-28-12-7-8-16-32(28)33/h5-8,11-13,16,18-19,22-23,33H,2-4,9-10,14-15,17,24-25H2,1H3. The number of ketones is 2. The molecule has 1 unspecified atom stereocenters. The largest absolute Gasteiger partial charge is 0.300 e. The molecule has 0 spiro atoms. The Hall–Kier alpha value is -3.53. The summed E-state index contributed by atoms with van der Waals surface area (Å²) in [5, 5.41) is 0. The van der Waals surface area contributed by atoms with E-state index >= 15 is 0 Å². The fraction of sp³-hybridized carbons (Fsp3) is 0.353. The zero-order valence-corrected chi connectivity index (χ0v) is 23.8. The van der Waals surface area contributed by atoms with Gasteiger partial charge in [-0.25, -0.2) is 0 Å². The molecule has 0 heterocycles. The van der Waals surface area contributed by atoms with Crippen LogP contribution in [0.5, 0.6) is 0 Å². The molecule has 1 aliphatic carbocycles. The van der Waals surface area contributed by atoms with Crippen LogP contribution in [0.2, 0.25) is 0 Å². The second-order valence-corrected chi connectivity index (χ2v) is 12.0. The average Bonchev–Trinajstić information content (AvgIpc) is 2.94. The molecule has 0 aliphatic heterocycles. The molecule has 0 aromatic heterocycles. The van der Waals surface area contributed by atoms with E-state index < -0.39 is 10.1 Å². The molecule has 0 saturated carbocycles. The molecular weight excluding hydrogens is 520 g/mol. The van der Waals surface area contributed by atoms with Crippen molar-refractivity contribution in [1.82, 2.24) is 0 Å². The van der Waals surface area contributed by atoms with Gasteiger partial charge in [-0.3, -0.25) is 13.8 Å². The average molecular weight is 557 g/mol. The highest BCUT2D eigenvalue weighted by atomic mass is 32.2. The first-order valence-corrected chi connectivity index (χ1v) is 15.4. The van der Waals surface area contributed by atoms with E-state index in [0.29, 0.717) is 38.5 Å². The Labute approximate surface area is 238 Å². The molecule has 208 valence electrons. The van der Waals surface area contributed by atoms with Gasteiger partial charge in [0.05, 0.1) is 11.5 Å². The van der Waals surface area contributed by atoms with Crippen LogP contribution >= 0.6 is 0 Å². The fourth-order valence-corrected chi connectivity index (χ4v) is 5.91. The Balaban J connectivity index is 1.16. The third-order valence-electron chi connectivity index (χ3n) is 7.27. The van der Waals surface area contributed by atoms with E-state index in [1.54, 1.807) is 24.3 Å². The molecule has 6 heteroatoms. The molecule has 1 aliphatic rings. The molecule has 0 saturated heterocycles. The molecule has 0 radical (unpaired) electrons. The molecule has 40 heavy (non-hydrogen) atoms. The van der Waals surface area contributed by atoms with Crippen LogP contribution in [0.25, 0.3) is 0 Å². The van der Waals surface area contributed by atoms with Gasteiger partial charge >= 0.3 is 0 Å². The van der Waals surface area contributed by atoms with Crippen LogP contribution in [-0.2, 0) is 30.3 Å². The van der Waals surface area contributed by atoms with E-state index in [0.717, 1.165) is 47.1 Å². The minimum atomic E-state index is -3.73. The minimum absolute atomic E-state index is 0.132. The van der Waals surface area contributed by atoms with E-state index in [1.807, 2.05) is 55.5 Å². The number of rotatable bonds is 14. The second-order valence-electron chi connectivity index (χ2n) is 10.4. The first-order valence-electron chi connectivity index (χ1n) is 14.0. The summed E-state index contributed by atoms with van der Waals surface area (Å²) in [5.74, 6) is 6.55. The van der Waals surface area contributed by atoms with Gasteiger partial charge < -0.3 is 0 Å². The first kappa shape index (κ1) is 29.5. The summed E-state index contributed by atoms with van der Waals surface area (Å²) in [5.41, 5.74) is 4.89. The van der Waals surface area contributed by atoms with Crippen LogP contribution in [0.4, 0.5) is 0 Å². The lowest BCUT2D eigenvalue weighted by atomic mass is 9.82. The number of fused-ring (bicyclic) bond motifs is 2. The molecule has 5 nitrogen and oxygen atoms in total. The summed E-state index contributed by atoms with van der Waals surface area (Å²) < 4.78 is 29.6. The monoisotopic (exact) mass is 556 g/mol. The summed E-state index contributed by atoms with van der Waals surface area (Å²) in [7, 11) is -3.73. The van der Waals surface area contributed by atoms with Crippen molar-refractivity contribution in [3.8, 4) is 11.8 Å². The van der Waals surface area contributed by atoms with E-state index in [-0.39, 0.29) is 29.0 Å². The number of unbranched alkanes of at least 4 members (excludes halogenated alkanes) is 3. The summed E-state index contributed by atoms with van der Waals surface area (Å²) in [4.78, 5) is 25.9. The predicted molar refractivity (Wildman–Crippen MR) is 157 cm³/mol. The van der Waals surface area contributed by atoms with Crippen molar-refractivity contribution in [2.45, 2.75) is 75.5 Å². The normalized spacial score (nSPS) is 14.2. The van der Waals surface area contributed by atoms with Gasteiger partial charge in [0.1, 0.15) is 11.6 Å². The smallest absolute Gasteiger partial charge is 0.296 e. The van der Waals surface area contributed by atoms with Crippen LogP contribution in [0, 0.1) is 18.8 Å². The highest BCUT2D eigenvalue weighted by Crippen LogP contribution is 2.29. The molecule has 3 aromatic carbocycles. The van der Waals surface area contributed by atoms with Crippen LogP contribution in [-0.4, -0.2) is 26.6 Å². The van der Waals surface area contributed by atoms with Gasteiger partial charge in [-0.1, -0.05) is 78.8 Å². The van der Waals surface area contributed by atoms with Crippen LogP contribution in [0.3, 0.4) is 0 Å². The van der Waals surface area contributed by atoms with Crippen LogP contribution in [0.15, 0.2) is 77.7 Å². The van der Waals surface area contributed by atoms with Gasteiger partial charge in [0, 0.05) is 36.3 Å². The number of aryl methyl sites for hydroxylation is 1. The third-order valence-corrected chi connectivity index (χ3v) is 8.60. The van der Waals surface area contributed by atoms with Crippen molar-refractivity contribution >= 4 is 21.7 Å². The maximum Gasteiger partial charge on any atom is 0.296 e. The molecule has 0 N–H and O–H groups in total. The SMILES string of the molecule is Cc1ccc(S(=O)(=O)OCCCCCCC(=O)CCCC(=O)C2Cc3ccccc3C#Cc3ccccc32)cc1. The molecule has 0 amide bonds. The van der Waals surface area contributed by atoms with E-state index in [4.69, 9.17) is 4.18 Å². The Bertz CT molecular complexity index is 1490. The van der Waals surface area contributed by atoms with E-state index in [2.05, 4.69) is 11.8 Å². The van der Waals surface area contributed by atoms with Gasteiger partial charge in [0.25, 0.3) is 10.1 Å². The van der Waals surface area contributed by atoms with Crippen molar-refractivity contribution in [3.63, 3.8) is 0 Å². The highest BCUT2D eigenvalue weighted by Gasteiger charge is 2.25. The lowest BCUT2D eigenvalue weighted by Gasteiger charge is -2.20. The van der Waals surface area contributed by atoms with Gasteiger partial charge in [0.2, 0.25) is 0 Å². The predicted octanol–water partition coefficient (Wildman–Crippen LogP) is 6.70. The molecule has 1 atom stereocenters. The minimum Gasteiger partial charge on any atom is -0.300 e. The Kier molecular flexibility index (Phi) is 10.5. The van der Waals surface area contributed by atoms with Gasteiger partial charge in [-0.05, 0) is 68.0 Å². The molecule has 3 aromatic rings. The highest BCUT2D eigenvalue weighted by molar-refractivity contribution is 7.86. The summed E-state index contributed by atoms with van der Waals surface area (Å²) in [6, 6.07) is 22.4. The third kappa shape index (κ3) is 8.24. The fourth-order valence-electron chi connectivity index (χ4n) is 4.97. The van der Waals surface area contributed by atoms with Crippen molar-refractivity contribution in [1.29, 1.82) is 0 Å². The van der Waals surface area contributed by atoms with Crippen molar-refractivity contribution in [3.05, 3.63) is 101 Å². The molecule has 0 bridgehead atoms. The van der Waals surface area contributed by atoms with Crippen molar-refractivity contribution in [2.75, 3.05) is 6.61 Å². The summed E-state index contributed by atoms with van der Waals surface area (Å²) in [6.07, 6.45) is 5.40. The second kappa shape index (κ2) is 14.2. The number of hydrogen-bond acceptors (Lipinski definition) is 5. The zero-order chi connectivity index (χ0) is 28.4. The molecule has 0 fully saturated rings. The Morgan fingerprint density at radius 3 is 2.23 bits per heavy atom. The first-order chi connectivity index (χ1) is 19.3. The molecule has 4 rings (SSSR count). The van der Waals surface area contributed by atoms with Crippen LogP contribution < -0.4 is 0 Å². The molecular formula is C34H36O5S. The quantitative estimate of drug-likeness (QED) is 0.125. The number of Topliss-reactive ketones (excluding diaryl/α,β-unsaturated/α-hetero) is 2. The topological polar surface area (TPSA) is 77.5 Å².